The lowest BCUT2D eigenvalue weighted by atomic mass is 10.2. The van der Waals surface area contributed by atoms with E-state index in [4.69, 9.17) is 14.2 Å². The number of carbonyl (C=O) groups is 2. The molecule has 1 aromatic heterocycles. The Labute approximate surface area is 191 Å². The Morgan fingerprint density at radius 1 is 1.19 bits per heavy atom. The number of aromatic carboxylic acids is 1. The largest absolute Gasteiger partial charge is 0.492 e. The van der Waals surface area contributed by atoms with E-state index in [9.17, 15) is 14.7 Å². The van der Waals surface area contributed by atoms with E-state index in [1.165, 1.54) is 12.3 Å². The Kier molecular flexibility index (Phi) is 8.57. The minimum absolute atomic E-state index is 0.00194. The van der Waals surface area contributed by atoms with Gasteiger partial charge in [-0.15, -0.1) is 0 Å². The summed E-state index contributed by atoms with van der Waals surface area (Å²) in [7, 11) is 0. The van der Waals surface area contributed by atoms with Crippen LogP contribution in [0.4, 0.5) is 11.4 Å². The van der Waals surface area contributed by atoms with Crippen LogP contribution in [0.25, 0.3) is 0 Å². The van der Waals surface area contributed by atoms with E-state index < -0.39 is 5.97 Å². The van der Waals surface area contributed by atoms with Gasteiger partial charge in [0.1, 0.15) is 16.5 Å². The van der Waals surface area contributed by atoms with Gasteiger partial charge in [0.15, 0.2) is 0 Å². The number of hydrogen-bond donors (Lipinski definition) is 2. The Morgan fingerprint density at radius 3 is 2.59 bits per heavy atom. The number of pyridine rings is 1. The van der Waals surface area contributed by atoms with Crippen LogP contribution in [-0.2, 0) is 9.53 Å². The van der Waals surface area contributed by atoms with Crippen molar-refractivity contribution in [2.45, 2.75) is 18.9 Å². The zero-order valence-corrected chi connectivity index (χ0v) is 18.9. The van der Waals surface area contributed by atoms with Gasteiger partial charge in [-0.25, -0.2) is 9.78 Å². The fourth-order valence-corrected chi connectivity index (χ4v) is 4.02. The maximum atomic E-state index is 12.6. The normalized spacial score (nSPS) is 13.5. The lowest BCUT2D eigenvalue weighted by Gasteiger charge is -2.31. The number of morpholine rings is 1. The molecule has 172 valence electrons. The van der Waals surface area contributed by atoms with Crippen LogP contribution in [0.15, 0.2) is 35.5 Å². The average Bonchev–Trinajstić information content (AvgIpc) is 2.80. The Morgan fingerprint density at radius 2 is 1.91 bits per heavy atom. The van der Waals surface area contributed by atoms with Gasteiger partial charge in [-0.3, -0.25) is 4.79 Å². The van der Waals surface area contributed by atoms with Gasteiger partial charge in [-0.2, -0.15) is 0 Å². The lowest BCUT2D eigenvalue weighted by molar-refractivity contribution is -0.113. The number of nitrogens with zero attached hydrogens (tertiary/aromatic N) is 2. The second-order valence-corrected chi connectivity index (χ2v) is 7.74. The standard InChI is InChI=1S/C22H27N3O6S/c1-3-30-18-13-17(25-8-10-29-11-9-25)19(31-4-2)12-16(18)24-20(26)14-32-21-15(22(27)28)6-5-7-23-21/h5-7,12-13H,3-4,8-11,14H2,1-2H3,(H,24,26)(H,27,28). The summed E-state index contributed by atoms with van der Waals surface area (Å²) in [5, 5.41) is 12.4. The number of carboxylic acids is 1. The number of hydrogen-bond acceptors (Lipinski definition) is 8. The number of carboxylic acid groups (broad SMARTS) is 1. The van der Waals surface area contributed by atoms with Gasteiger partial charge in [0, 0.05) is 31.4 Å². The van der Waals surface area contributed by atoms with Crippen molar-refractivity contribution >= 4 is 35.0 Å². The second-order valence-electron chi connectivity index (χ2n) is 6.78. The van der Waals surface area contributed by atoms with Gasteiger partial charge >= 0.3 is 5.97 Å². The van der Waals surface area contributed by atoms with Gasteiger partial charge in [0.25, 0.3) is 0 Å². The van der Waals surface area contributed by atoms with Crippen LogP contribution < -0.4 is 19.7 Å². The first kappa shape index (κ1) is 23.7. The van der Waals surface area contributed by atoms with Crippen LogP contribution in [0.3, 0.4) is 0 Å². The SMILES string of the molecule is CCOc1cc(N2CCOCC2)c(OCC)cc1NC(=O)CSc1ncccc1C(=O)O. The van der Waals surface area contributed by atoms with Gasteiger partial charge < -0.3 is 29.5 Å². The molecule has 2 aromatic rings. The molecule has 0 bridgehead atoms. The Hall–Kier alpha value is -2.98. The fourth-order valence-electron chi connectivity index (χ4n) is 3.23. The highest BCUT2D eigenvalue weighted by Crippen LogP contribution is 2.39. The van der Waals surface area contributed by atoms with Gasteiger partial charge in [0.05, 0.1) is 49.1 Å². The van der Waals surface area contributed by atoms with Crippen molar-refractivity contribution in [2.24, 2.45) is 0 Å². The van der Waals surface area contributed by atoms with E-state index in [1.54, 1.807) is 12.1 Å². The number of benzene rings is 1. The number of amides is 1. The molecule has 3 rings (SSSR count). The molecular formula is C22H27N3O6S. The molecule has 1 aliphatic heterocycles. The summed E-state index contributed by atoms with van der Waals surface area (Å²) in [5.74, 6) is -0.198. The molecule has 0 saturated carbocycles. The second kappa shape index (κ2) is 11.6. The zero-order valence-electron chi connectivity index (χ0n) is 18.1. The maximum Gasteiger partial charge on any atom is 0.338 e. The molecular weight excluding hydrogens is 434 g/mol. The number of carbonyl (C=O) groups excluding carboxylic acids is 1. The summed E-state index contributed by atoms with van der Waals surface area (Å²) in [5.41, 5.74) is 1.46. The molecule has 0 spiro atoms. The first-order valence-corrected chi connectivity index (χ1v) is 11.4. The van der Waals surface area contributed by atoms with Crippen molar-refractivity contribution in [3.05, 3.63) is 36.0 Å². The topological polar surface area (TPSA) is 110 Å². The number of aromatic nitrogens is 1. The third kappa shape index (κ3) is 6.04. The highest BCUT2D eigenvalue weighted by molar-refractivity contribution is 8.00. The van der Waals surface area contributed by atoms with Crippen LogP contribution in [0.1, 0.15) is 24.2 Å². The van der Waals surface area contributed by atoms with Crippen molar-refractivity contribution < 1.29 is 28.9 Å². The van der Waals surface area contributed by atoms with E-state index in [0.29, 0.717) is 43.6 Å². The molecule has 0 atom stereocenters. The quantitative estimate of drug-likeness (QED) is 0.516. The number of rotatable bonds is 10. The number of thioether (sulfide) groups is 1. The molecule has 1 amide bonds. The number of ether oxygens (including phenoxy) is 3. The van der Waals surface area contributed by atoms with Gasteiger partial charge in [0.2, 0.25) is 5.91 Å². The van der Waals surface area contributed by atoms with E-state index in [-0.39, 0.29) is 22.2 Å². The van der Waals surface area contributed by atoms with Crippen LogP contribution >= 0.6 is 11.8 Å². The Bertz CT molecular complexity index is 949. The number of anilines is 2. The molecule has 10 heteroatoms. The lowest BCUT2D eigenvalue weighted by Crippen LogP contribution is -2.36. The predicted molar refractivity (Wildman–Crippen MR) is 122 cm³/mol. The van der Waals surface area contributed by atoms with E-state index in [0.717, 1.165) is 30.5 Å². The van der Waals surface area contributed by atoms with Crippen LogP contribution in [0.2, 0.25) is 0 Å². The molecule has 1 aromatic carbocycles. The third-order valence-electron chi connectivity index (χ3n) is 4.63. The predicted octanol–water partition coefficient (Wildman–Crippen LogP) is 3.14. The molecule has 1 fully saturated rings. The highest BCUT2D eigenvalue weighted by atomic mass is 32.2. The van der Waals surface area contributed by atoms with Crippen molar-refractivity contribution in [1.82, 2.24) is 4.98 Å². The van der Waals surface area contributed by atoms with Crippen LogP contribution in [0.5, 0.6) is 11.5 Å². The van der Waals surface area contributed by atoms with E-state index >= 15 is 0 Å². The minimum Gasteiger partial charge on any atom is -0.492 e. The van der Waals surface area contributed by atoms with E-state index in [1.807, 2.05) is 19.9 Å². The van der Waals surface area contributed by atoms with Crippen LogP contribution in [-0.4, -0.2) is 67.2 Å². The minimum atomic E-state index is -1.08. The number of nitrogens with one attached hydrogen (secondary N) is 1. The van der Waals surface area contributed by atoms with Gasteiger partial charge in [-0.1, -0.05) is 11.8 Å². The maximum absolute atomic E-state index is 12.6. The molecule has 9 nitrogen and oxygen atoms in total. The smallest absolute Gasteiger partial charge is 0.338 e. The highest BCUT2D eigenvalue weighted by Gasteiger charge is 2.21. The summed E-state index contributed by atoms with van der Waals surface area (Å²) < 4.78 is 17.1. The molecule has 2 heterocycles. The van der Waals surface area contributed by atoms with E-state index in [2.05, 4.69) is 15.2 Å². The summed E-state index contributed by atoms with van der Waals surface area (Å²) in [6.07, 6.45) is 1.50. The zero-order chi connectivity index (χ0) is 22.9. The summed E-state index contributed by atoms with van der Waals surface area (Å²) in [6.45, 7) is 7.44. The van der Waals surface area contributed by atoms with Crippen molar-refractivity contribution in [3.8, 4) is 11.5 Å². The van der Waals surface area contributed by atoms with Crippen LogP contribution in [0, 0.1) is 0 Å². The van der Waals surface area contributed by atoms with Crippen molar-refractivity contribution in [2.75, 3.05) is 55.5 Å². The van der Waals surface area contributed by atoms with Crippen molar-refractivity contribution in [1.29, 1.82) is 0 Å². The Balaban J connectivity index is 1.79. The average molecular weight is 462 g/mol. The third-order valence-corrected chi connectivity index (χ3v) is 5.63. The first-order valence-electron chi connectivity index (χ1n) is 10.4. The molecule has 1 aliphatic rings. The van der Waals surface area contributed by atoms with Crippen molar-refractivity contribution in [3.63, 3.8) is 0 Å². The molecule has 32 heavy (non-hydrogen) atoms. The monoisotopic (exact) mass is 461 g/mol. The summed E-state index contributed by atoms with van der Waals surface area (Å²) >= 11 is 1.06. The first-order chi connectivity index (χ1) is 15.5. The molecule has 2 N–H and O–H groups in total. The van der Waals surface area contributed by atoms with Gasteiger partial charge in [-0.05, 0) is 26.0 Å². The molecule has 0 radical (unpaired) electrons. The molecule has 0 unspecified atom stereocenters. The molecule has 1 saturated heterocycles. The summed E-state index contributed by atoms with van der Waals surface area (Å²) in [4.78, 5) is 30.2. The molecule has 0 aliphatic carbocycles. The summed E-state index contributed by atoms with van der Waals surface area (Å²) in [6, 6.07) is 6.66. The fraction of sp³-hybridized carbons (Fsp3) is 0.409.